The van der Waals surface area contributed by atoms with Gasteiger partial charge in [0.25, 0.3) is 5.91 Å². The first kappa shape index (κ1) is 30.9. The van der Waals surface area contributed by atoms with Crippen LogP contribution in [0.5, 0.6) is 0 Å². The third kappa shape index (κ3) is 8.67. The van der Waals surface area contributed by atoms with E-state index in [1.807, 2.05) is 36.9 Å². The second-order valence-corrected chi connectivity index (χ2v) is 11.7. The molecule has 1 fully saturated rings. The van der Waals surface area contributed by atoms with Crippen LogP contribution in [0.4, 0.5) is 26.3 Å². The van der Waals surface area contributed by atoms with Crippen molar-refractivity contribution in [3.8, 4) is 0 Å². The summed E-state index contributed by atoms with van der Waals surface area (Å²) in [7, 11) is -3.35. The Labute approximate surface area is 224 Å². The summed E-state index contributed by atoms with van der Waals surface area (Å²) in [5.74, 6) is -0.904. The van der Waals surface area contributed by atoms with Crippen LogP contribution in [0, 0.1) is 13.8 Å². The van der Waals surface area contributed by atoms with Gasteiger partial charge in [0.05, 0.1) is 17.4 Å². The first-order valence-electron chi connectivity index (χ1n) is 12.3. The van der Waals surface area contributed by atoms with Gasteiger partial charge in [-0.05, 0) is 68.1 Å². The Hall–Kier alpha value is -2.64. The molecule has 2 aromatic carbocycles. The Bertz CT molecular complexity index is 1260. The topological polar surface area (TPSA) is 69.7 Å². The largest absolute Gasteiger partial charge is 0.416 e. The Balaban J connectivity index is 1.89. The van der Waals surface area contributed by atoms with Crippen LogP contribution in [-0.4, -0.2) is 69.1 Å². The highest BCUT2D eigenvalue weighted by Gasteiger charge is 2.39. The van der Waals surface area contributed by atoms with E-state index in [1.165, 1.54) is 4.90 Å². The lowest BCUT2D eigenvalue weighted by molar-refractivity contribution is -0.143. The Morgan fingerprint density at radius 3 is 2.10 bits per heavy atom. The monoisotopic (exact) mass is 579 g/mol. The molecule has 0 radical (unpaired) electrons. The van der Waals surface area contributed by atoms with E-state index in [2.05, 4.69) is 4.72 Å². The summed E-state index contributed by atoms with van der Waals surface area (Å²) in [6.45, 7) is 5.31. The van der Waals surface area contributed by atoms with Crippen LogP contribution in [-0.2, 0) is 28.8 Å². The van der Waals surface area contributed by atoms with Gasteiger partial charge >= 0.3 is 12.4 Å². The summed E-state index contributed by atoms with van der Waals surface area (Å²) >= 11 is 0. The summed E-state index contributed by atoms with van der Waals surface area (Å²) < 4.78 is 105. The lowest BCUT2D eigenvalue weighted by Crippen LogP contribution is -2.56. The first-order valence-corrected chi connectivity index (χ1v) is 14.2. The molecule has 3 rings (SSSR count). The van der Waals surface area contributed by atoms with Gasteiger partial charge in [-0.15, -0.1) is 0 Å². The van der Waals surface area contributed by atoms with Crippen LogP contribution in [0.1, 0.15) is 44.6 Å². The zero-order valence-corrected chi connectivity index (χ0v) is 22.6. The van der Waals surface area contributed by atoms with Gasteiger partial charge in [0.1, 0.15) is 0 Å². The van der Waals surface area contributed by atoms with Crippen molar-refractivity contribution in [1.82, 2.24) is 14.5 Å². The third-order valence-electron chi connectivity index (χ3n) is 6.72. The lowest BCUT2D eigenvalue weighted by Gasteiger charge is -2.42. The zero-order valence-electron chi connectivity index (χ0n) is 21.8. The van der Waals surface area contributed by atoms with Crippen LogP contribution in [0.25, 0.3) is 0 Å². The molecule has 13 heteroatoms. The van der Waals surface area contributed by atoms with Crippen molar-refractivity contribution in [1.29, 1.82) is 0 Å². The Morgan fingerprint density at radius 2 is 1.56 bits per heavy atom. The van der Waals surface area contributed by atoms with Crippen molar-refractivity contribution < 1.29 is 39.6 Å². The number of hydrogen-bond acceptors (Lipinski definition) is 4. The molecule has 0 bridgehead atoms. The van der Waals surface area contributed by atoms with E-state index in [0.29, 0.717) is 44.6 Å². The van der Waals surface area contributed by atoms with Gasteiger partial charge in [0, 0.05) is 37.8 Å². The minimum Gasteiger partial charge on any atom is -0.333 e. The maximum Gasteiger partial charge on any atom is 0.416 e. The van der Waals surface area contributed by atoms with E-state index < -0.39 is 51.0 Å². The van der Waals surface area contributed by atoms with Gasteiger partial charge in [-0.1, -0.05) is 18.2 Å². The van der Waals surface area contributed by atoms with Gasteiger partial charge in [0.15, 0.2) is 0 Å². The van der Waals surface area contributed by atoms with E-state index in [1.54, 1.807) is 0 Å². The number of nitrogens with zero attached hydrogens (tertiary/aromatic N) is 2. The molecule has 0 aromatic heterocycles. The average molecular weight is 580 g/mol. The molecule has 1 saturated heterocycles. The Morgan fingerprint density at radius 1 is 0.949 bits per heavy atom. The fourth-order valence-corrected chi connectivity index (χ4v) is 5.09. The highest BCUT2D eigenvalue weighted by Crippen LogP contribution is 2.37. The van der Waals surface area contributed by atoms with Crippen molar-refractivity contribution in [3.63, 3.8) is 0 Å². The van der Waals surface area contributed by atoms with E-state index in [-0.39, 0.29) is 19.2 Å². The first-order chi connectivity index (χ1) is 17.9. The molecule has 0 spiro atoms. The standard InChI is InChI=1S/C26H31F6N3O3S/c1-17-5-6-19(11-18(17)2)12-23-16-34(8-4-7-33-39(3,37)38)9-10-35(23)24(36)20-13-21(25(27,28)29)15-22(14-20)26(30,31)32/h5-6,11,13-15,23,33H,4,7-10,12,16H2,1-3H3/t23-/m1/s1. The minimum atomic E-state index is -5.06. The van der Waals surface area contributed by atoms with Crippen molar-refractivity contribution in [2.24, 2.45) is 0 Å². The second-order valence-electron chi connectivity index (χ2n) is 9.89. The lowest BCUT2D eigenvalue weighted by atomic mass is 9.97. The molecule has 0 unspecified atom stereocenters. The molecule has 1 atom stereocenters. The predicted molar refractivity (Wildman–Crippen MR) is 135 cm³/mol. The van der Waals surface area contributed by atoms with Gasteiger partial charge in [0.2, 0.25) is 10.0 Å². The number of nitrogens with one attached hydrogen (secondary N) is 1. The van der Waals surface area contributed by atoms with Gasteiger partial charge in [-0.2, -0.15) is 26.3 Å². The number of amides is 1. The van der Waals surface area contributed by atoms with Crippen LogP contribution in [0.15, 0.2) is 36.4 Å². The maximum atomic E-state index is 13.5. The maximum absolute atomic E-state index is 13.5. The van der Waals surface area contributed by atoms with Gasteiger partial charge in [-0.25, -0.2) is 13.1 Å². The second kappa shape index (κ2) is 11.8. The highest BCUT2D eigenvalue weighted by atomic mass is 32.2. The fraction of sp³-hybridized carbons (Fsp3) is 0.500. The summed E-state index contributed by atoms with van der Waals surface area (Å²) in [6.07, 6.45) is -8.24. The normalized spacial score (nSPS) is 17.5. The predicted octanol–water partition coefficient (Wildman–Crippen LogP) is 4.65. The molecule has 2 aromatic rings. The number of hydrogen-bond donors (Lipinski definition) is 1. The zero-order chi connectivity index (χ0) is 29.2. The minimum absolute atomic E-state index is 0.00577. The molecule has 6 nitrogen and oxygen atoms in total. The number of rotatable bonds is 8. The number of halogens is 6. The molecule has 0 aliphatic carbocycles. The Kier molecular flexibility index (Phi) is 9.39. The molecule has 39 heavy (non-hydrogen) atoms. The number of alkyl halides is 6. The van der Waals surface area contributed by atoms with Crippen molar-refractivity contribution in [2.75, 3.05) is 39.0 Å². The molecule has 1 heterocycles. The SMILES string of the molecule is Cc1ccc(C[C@@H]2CN(CCCNS(C)(=O)=O)CCN2C(=O)c2cc(C(F)(F)F)cc(C(F)(F)F)c2)cc1C. The molecule has 0 saturated carbocycles. The number of sulfonamides is 1. The number of benzene rings is 2. The third-order valence-corrected chi connectivity index (χ3v) is 7.45. The van der Waals surface area contributed by atoms with Gasteiger partial charge < -0.3 is 4.90 Å². The molecule has 1 N–H and O–H groups in total. The summed E-state index contributed by atoms with van der Waals surface area (Å²) in [4.78, 5) is 16.8. The van der Waals surface area contributed by atoms with Crippen LogP contribution in [0.2, 0.25) is 0 Å². The van der Waals surface area contributed by atoms with E-state index >= 15 is 0 Å². The average Bonchev–Trinajstić information content (AvgIpc) is 2.82. The summed E-state index contributed by atoms with van der Waals surface area (Å²) in [5, 5.41) is 0. The molecule has 1 aliphatic rings. The van der Waals surface area contributed by atoms with Crippen molar-refractivity contribution >= 4 is 15.9 Å². The van der Waals surface area contributed by atoms with E-state index in [9.17, 15) is 39.6 Å². The summed E-state index contributed by atoms with van der Waals surface area (Å²) in [6, 6.07) is 6.15. The van der Waals surface area contributed by atoms with E-state index in [0.717, 1.165) is 22.9 Å². The number of aryl methyl sites for hydroxylation is 2. The number of piperazine rings is 1. The van der Waals surface area contributed by atoms with Crippen LogP contribution >= 0.6 is 0 Å². The highest BCUT2D eigenvalue weighted by molar-refractivity contribution is 7.88. The number of carbonyl (C=O) groups excluding carboxylic acids is 1. The molecule has 1 aliphatic heterocycles. The fourth-order valence-electron chi connectivity index (χ4n) is 4.57. The quantitative estimate of drug-likeness (QED) is 0.365. The molecular formula is C26H31F6N3O3S. The smallest absolute Gasteiger partial charge is 0.333 e. The van der Waals surface area contributed by atoms with Crippen LogP contribution < -0.4 is 4.72 Å². The van der Waals surface area contributed by atoms with Crippen LogP contribution in [0.3, 0.4) is 0 Å². The molecular weight excluding hydrogens is 548 g/mol. The van der Waals surface area contributed by atoms with Gasteiger partial charge in [-0.3, -0.25) is 9.69 Å². The molecule has 1 amide bonds. The van der Waals surface area contributed by atoms with Crippen molar-refractivity contribution in [2.45, 2.75) is 45.1 Å². The van der Waals surface area contributed by atoms with Crippen molar-refractivity contribution in [3.05, 3.63) is 69.8 Å². The summed E-state index contributed by atoms with van der Waals surface area (Å²) in [5.41, 5.74) is -0.807. The molecule has 216 valence electrons. The van der Waals surface area contributed by atoms with E-state index in [4.69, 9.17) is 0 Å². The number of carbonyl (C=O) groups is 1.